The number of rotatable bonds is 10. The van der Waals surface area contributed by atoms with E-state index in [-0.39, 0.29) is 54.8 Å². The molecular weight excluding hydrogens is 771 g/mol. The number of aliphatic hydroxyl groups is 1. The first-order chi connectivity index (χ1) is 27.2. The van der Waals surface area contributed by atoms with Crippen molar-refractivity contribution in [3.05, 3.63) is 76.7 Å². The van der Waals surface area contributed by atoms with Crippen LogP contribution in [-0.4, -0.2) is 94.1 Å². The van der Waals surface area contributed by atoms with E-state index in [1.165, 1.54) is 18.1 Å². The number of methoxy groups -OCH3 is 1. The molecule has 1 saturated carbocycles. The number of imide groups is 1. The number of aromatic nitrogens is 3. The van der Waals surface area contributed by atoms with E-state index in [0.717, 1.165) is 25.0 Å². The summed E-state index contributed by atoms with van der Waals surface area (Å²) >= 11 is 6.35. The van der Waals surface area contributed by atoms with Gasteiger partial charge in [0.05, 0.1) is 47.3 Å². The van der Waals surface area contributed by atoms with Crippen LogP contribution in [0.5, 0.6) is 5.75 Å². The lowest BCUT2D eigenvalue weighted by molar-refractivity contribution is -0.141. The Morgan fingerprint density at radius 2 is 1.81 bits per heavy atom. The molecule has 0 spiro atoms. The van der Waals surface area contributed by atoms with E-state index in [1.54, 1.807) is 35.2 Å². The maximum atomic E-state index is 13.4. The molecule has 18 heteroatoms. The summed E-state index contributed by atoms with van der Waals surface area (Å²) in [6.45, 7) is 1.87. The smallest absolute Gasteiger partial charge is 0.433 e. The minimum Gasteiger partial charge on any atom is -0.494 e. The molecule has 4 aromatic rings. The third kappa shape index (κ3) is 9.00. The molecule has 7 rings (SSSR count). The van der Waals surface area contributed by atoms with E-state index in [4.69, 9.17) is 26.2 Å². The molecule has 2 saturated heterocycles. The number of halogens is 4. The van der Waals surface area contributed by atoms with Crippen molar-refractivity contribution in [1.29, 1.82) is 0 Å². The number of hydrogen-bond donors (Lipinski definition) is 3. The fourth-order valence-corrected chi connectivity index (χ4v) is 7.75. The second-order valence-corrected chi connectivity index (χ2v) is 15.1. The van der Waals surface area contributed by atoms with Gasteiger partial charge in [-0.3, -0.25) is 29.3 Å². The first-order valence-electron chi connectivity index (χ1n) is 18.6. The Labute approximate surface area is 330 Å². The summed E-state index contributed by atoms with van der Waals surface area (Å²) in [6, 6.07) is 10.6. The number of anilines is 2. The van der Waals surface area contributed by atoms with Crippen LogP contribution >= 0.6 is 11.6 Å². The third-order valence-electron chi connectivity index (χ3n) is 10.8. The lowest BCUT2D eigenvalue weighted by Gasteiger charge is -2.37. The second kappa shape index (κ2) is 16.3. The first-order valence-corrected chi connectivity index (χ1v) is 19.0. The molecule has 2 aromatic heterocycles. The maximum absolute atomic E-state index is 13.4. The second-order valence-electron chi connectivity index (χ2n) is 14.7. The summed E-state index contributed by atoms with van der Waals surface area (Å²) in [4.78, 5) is 56.8. The van der Waals surface area contributed by atoms with E-state index in [1.807, 2.05) is 10.9 Å². The number of hydrogen-bond acceptors (Lipinski definition) is 9. The van der Waals surface area contributed by atoms with Gasteiger partial charge >= 0.3 is 12.2 Å². The van der Waals surface area contributed by atoms with Gasteiger partial charge in [0, 0.05) is 55.9 Å². The van der Waals surface area contributed by atoms with Gasteiger partial charge in [0.2, 0.25) is 5.91 Å². The molecule has 0 radical (unpaired) electrons. The van der Waals surface area contributed by atoms with Gasteiger partial charge in [-0.2, -0.15) is 18.3 Å². The SMILES string of the molecule is COc1cc2nn(C3CCC(O)(COCC4CCN(C(=O)c5ccc(Cl)c(N6CCC(=O)NC6=O)c5)CC4)CC3)cc2cc1NC(=O)c1cccc(C(F)(F)F)n1. The molecule has 3 fully saturated rings. The fraction of sp³-hybridized carbons (Fsp3) is 0.436. The van der Waals surface area contributed by atoms with Gasteiger partial charge in [-0.15, -0.1) is 0 Å². The number of likely N-dealkylation sites (tertiary alicyclic amines) is 1. The average molecular weight is 812 g/mol. The first kappa shape index (κ1) is 40.0. The zero-order valence-corrected chi connectivity index (χ0v) is 31.7. The van der Waals surface area contributed by atoms with Gasteiger partial charge in [-0.25, -0.2) is 9.78 Å². The van der Waals surface area contributed by atoms with E-state index >= 15 is 0 Å². The monoisotopic (exact) mass is 811 g/mol. The largest absolute Gasteiger partial charge is 0.494 e. The minimum absolute atomic E-state index is 0.00388. The molecule has 0 atom stereocenters. The molecule has 3 N–H and O–H groups in total. The summed E-state index contributed by atoms with van der Waals surface area (Å²) in [5, 5.41) is 21.9. The predicted octanol–water partition coefficient (Wildman–Crippen LogP) is 6.23. The highest BCUT2D eigenvalue weighted by molar-refractivity contribution is 6.34. The van der Waals surface area contributed by atoms with Crippen LogP contribution in [0.15, 0.2) is 54.7 Å². The van der Waals surface area contributed by atoms with Crippen LogP contribution in [-0.2, 0) is 15.7 Å². The molecule has 1 aliphatic carbocycles. The Hall–Kier alpha value is -5.26. The number of amides is 5. The van der Waals surface area contributed by atoms with Crippen molar-refractivity contribution in [2.45, 2.75) is 62.8 Å². The summed E-state index contributed by atoms with van der Waals surface area (Å²) < 4.78 is 52.8. The molecule has 57 heavy (non-hydrogen) atoms. The number of urea groups is 1. The van der Waals surface area contributed by atoms with Crippen LogP contribution in [0.3, 0.4) is 0 Å². The van der Waals surface area contributed by atoms with Crippen LogP contribution < -0.4 is 20.3 Å². The highest BCUT2D eigenvalue weighted by Crippen LogP contribution is 2.38. The Morgan fingerprint density at radius 1 is 1.05 bits per heavy atom. The molecular formula is C39H41ClF3N7O7. The maximum Gasteiger partial charge on any atom is 0.433 e. The van der Waals surface area contributed by atoms with E-state index in [9.17, 15) is 37.5 Å². The quantitative estimate of drug-likeness (QED) is 0.168. The van der Waals surface area contributed by atoms with Crippen molar-refractivity contribution in [2.24, 2.45) is 5.92 Å². The number of pyridine rings is 1. The summed E-state index contributed by atoms with van der Waals surface area (Å²) in [6.07, 6.45) is 1.01. The van der Waals surface area contributed by atoms with E-state index in [2.05, 4.69) is 15.6 Å². The Kier molecular flexibility index (Phi) is 11.4. The standard InChI is InChI=1S/C39H41ClF3N7O7/c1-56-32-19-29-25(17-30(32)45-35(52)28-3-2-4-33(44-28)39(41,42)43)20-50(47-29)26-7-12-38(55,13-8-26)22-57-21-23-9-14-48(15-10-23)36(53)24-5-6-27(40)31(18-24)49-16-11-34(51)46-37(49)54/h2-6,17-20,23,26,55H,7-16,21-22H2,1H3,(H,45,52)(H,46,51,54). The number of piperidine rings is 1. The van der Waals surface area contributed by atoms with Crippen molar-refractivity contribution in [3.63, 3.8) is 0 Å². The average Bonchev–Trinajstić information content (AvgIpc) is 3.61. The van der Waals surface area contributed by atoms with Gasteiger partial charge in [0.25, 0.3) is 11.8 Å². The van der Waals surface area contributed by atoms with Gasteiger partial charge in [-0.05, 0) is 80.8 Å². The van der Waals surface area contributed by atoms with E-state index in [0.29, 0.717) is 72.6 Å². The molecule has 2 aliphatic heterocycles. The normalized spacial score (nSPS) is 20.8. The highest BCUT2D eigenvalue weighted by atomic mass is 35.5. The summed E-state index contributed by atoms with van der Waals surface area (Å²) in [5.41, 5.74) is -0.934. The Morgan fingerprint density at radius 3 is 2.51 bits per heavy atom. The number of benzene rings is 2. The number of carbonyl (C=O) groups excluding carboxylic acids is 4. The number of nitrogens with zero attached hydrogens (tertiary/aromatic N) is 5. The van der Waals surface area contributed by atoms with Gasteiger partial charge in [0.15, 0.2) is 0 Å². The topological polar surface area (TPSA) is 168 Å². The number of carbonyl (C=O) groups is 4. The van der Waals surface area contributed by atoms with Crippen molar-refractivity contribution < 1.29 is 46.9 Å². The molecule has 2 aromatic carbocycles. The van der Waals surface area contributed by atoms with Gasteiger partial charge < -0.3 is 24.8 Å². The van der Waals surface area contributed by atoms with E-state index < -0.39 is 35.1 Å². The Bertz CT molecular complexity index is 2180. The number of nitrogens with one attached hydrogen (secondary N) is 2. The summed E-state index contributed by atoms with van der Waals surface area (Å²) in [7, 11) is 1.41. The zero-order chi connectivity index (χ0) is 40.5. The van der Waals surface area contributed by atoms with Crippen molar-refractivity contribution >= 4 is 57.6 Å². The molecule has 0 unspecified atom stereocenters. The molecule has 4 heterocycles. The van der Waals surface area contributed by atoms with Crippen LogP contribution in [0.1, 0.15) is 77.5 Å². The molecule has 5 amide bonds. The third-order valence-corrected chi connectivity index (χ3v) is 11.1. The zero-order valence-electron chi connectivity index (χ0n) is 31.0. The number of alkyl halides is 3. The fourth-order valence-electron chi connectivity index (χ4n) is 7.53. The highest BCUT2D eigenvalue weighted by Gasteiger charge is 2.36. The lowest BCUT2D eigenvalue weighted by atomic mass is 9.83. The summed E-state index contributed by atoms with van der Waals surface area (Å²) in [5.74, 6) is -0.858. The predicted molar refractivity (Wildman–Crippen MR) is 202 cm³/mol. The Balaban J connectivity index is 0.883. The van der Waals surface area contributed by atoms with Crippen molar-refractivity contribution in [3.8, 4) is 5.75 Å². The van der Waals surface area contributed by atoms with Crippen LogP contribution in [0.4, 0.5) is 29.3 Å². The number of ether oxygens (including phenoxy) is 2. The van der Waals surface area contributed by atoms with Gasteiger partial charge in [-0.1, -0.05) is 17.7 Å². The van der Waals surface area contributed by atoms with Crippen molar-refractivity contribution in [2.75, 3.05) is 50.2 Å². The van der Waals surface area contributed by atoms with Crippen LogP contribution in [0, 0.1) is 5.92 Å². The molecule has 14 nitrogen and oxygen atoms in total. The van der Waals surface area contributed by atoms with Gasteiger partial charge in [0.1, 0.15) is 17.1 Å². The minimum atomic E-state index is -4.69. The molecule has 0 bridgehead atoms. The molecule has 302 valence electrons. The number of fused-ring (bicyclic) bond motifs is 1. The molecule has 3 aliphatic rings. The van der Waals surface area contributed by atoms with Crippen molar-refractivity contribution in [1.82, 2.24) is 25.0 Å². The lowest BCUT2D eigenvalue weighted by Crippen LogP contribution is -2.49. The van der Waals surface area contributed by atoms with Crippen LogP contribution in [0.2, 0.25) is 5.02 Å². The van der Waals surface area contributed by atoms with Crippen LogP contribution in [0.25, 0.3) is 10.9 Å².